The maximum absolute atomic E-state index is 13.4. The van der Waals surface area contributed by atoms with Gasteiger partial charge in [-0.15, -0.1) is 5.92 Å². The van der Waals surface area contributed by atoms with Crippen LogP contribution in [0, 0.1) is 17.8 Å². The van der Waals surface area contributed by atoms with Gasteiger partial charge in [-0.1, -0.05) is 31.9 Å². The molecule has 0 radical (unpaired) electrons. The van der Waals surface area contributed by atoms with Crippen molar-refractivity contribution in [1.82, 2.24) is 14.8 Å². The van der Waals surface area contributed by atoms with E-state index in [2.05, 4.69) is 60.0 Å². The molecule has 2 atom stereocenters. The van der Waals surface area contributed by atoms with E-state index in [1.165, 1.54) is 22.0 Å². The predicted molar refractivity (Wildman–Crippen MR) is 120 cm³/mol. The number of carbonyl (C=O) groups excluding carboxylic acids is 1. The van der Waals surface area contributed by atoms with Gasteiger partial charge in [0.1, 0.15) is 0 Å². The number of rotatable bonds is 4. The van der Waals surface area contributed by atoms with Crippen molar-refractivity contribution < 1.29 is 9.90 Å². The van der Waals surface area contributed by atoms with Crippen molar-refractivity contribution >= 4 is 16.8 Å². The smallest absolute Gasteiger partial charge is 0.240 e. The molecule has 2 aromatic rings. The SMILES string of the molecule is CC#CCn1cc2c3c(cccc31)C(CC(C)C)NC(C(=O)N1CCC(O)CC1)C2. The Morgan fingerprint density at radius 2 is 2.07 bits per heavy atom. The molecule has 0 spiro atoms. The molecule has 5 nitrogen and oxygen atoms in total. The van der Waals surface area contributed by atoms with Gasteiger partial charge in [0, 0.05) is 36.2 Å². The molecular weight excluding hydrogens is 374 g/mol. The fraction of sp³-hybridized carbons (Fsp3) is 0.560. The topological polar surface area (TPSA) is 57.5 Å². The summed E-state index contributed by atoms with van der Waals surface area (Å²) in [5, 5.41) is 14.8. The van der Waals surface area contributed by atoms with Crippen LogP contribution in [0.5, 0.6) is 0 Å². The first-order chi connectivity index (χ1) is 14.5. The van der Waals surface area contributed by atoms with E-state index in [4.69, 9.17) is 0 Å². The van der Waals surface area contributed by atoms with Gasteiger partial charge in [0.15, 0.2) is 0 Å². The average molecular weight is 408 g/mol. The second-order valence-corrected chi connectivity index (χ2v) is 9.11. The van der Waals surface area contributed by atoms with Crippen LogP contribution < -0.4 is 5.32 Å². The van der Waals surface area contributed by atoms with Gasteiger partial charge in [0.2, 0.25) is 5.91 Å². The minimum absolute atomic E-state index is 0.146. The summed E-state index contributed by atoms with van der Waals surface area (Å²) in [4.78, 5) is 15.4. The third kappa shape index (κ3) is 4.12. The number of nitrogens with zero attached hydrogens (tertiary/aromatic N) is 2. The summed E-state index contributed by atoms with van der Waals surface area (Å²) >= 11 is 0. The second kappa shape index (κ2) is 8.83. The van der Waals surface area contributed by atoms with E-state index in [0.717, 1.165) is 6.42 Å². The largest absolute Gasteiger partial charge is 0.393 e. The van der Waals surface area contributed by atoms with E-state index in [1.807, 2.05) is 11.8 Å². The summed E-state index contributed by atoms with van der Waals surface area (Å²) in [6.07, 6.45) is 4.93. The van der Waals surface area contributed by atoms with Crippen molar-refractivity contribution in [3.63, 3.8) is 0 Å². The lowest BCUT2D eigenvalue weighted by atomic mass is 9.94. The maximum atomic E-state index is 13.4. The fourth-order valence-electron chi connectivity index (χ4n) is 4.95. The molecule has 5 heteroatoms. The van der Waals surface area contributed by atoms with Crippen LogP contribution in [-0.4, -0.2) is 45.7 Å². The van der Waals surface area contributed by atoms with Crippen LogP contribution in [0.4, 0.5) is 0 Å². The van der Waals surface area contributed by atoms with Crippen molar-refractivity contribution in [2.75, 3.05) is 13.1 Å². The number of hydrogen-bond donors (Lipinski definition) is 2. The molecular formula is C25H33N3O2. The highest BCUT2D eigenvalue weighted by Gasteiger charge is 2.34. The molecule has 1 amide bonds. The Kier molecular flexibility index (Phi) is 6.17. The molecule has 1 aromatic carbocycles. The van der Waals surface area contributed by atoms with Crippen molar-refractivity contribution in [2.45, 2.75) is 71.2 Å². The van der Waals surface area contributed by atoms with Crippen LogP contribution in [0.3, 0.4) is 0 Å². The van der Waals surface area contributed by atoms with Crippen LogP contribution in [0.2, 0.25) is 0 Å². The van der Waals surface area contributed by atoms with Gasteiger partial charge in [-0.2, -0.15) is 0 Å². The summed E-state index contributed by atoms with van der Waals surface area (Å²) in [6, 6.07) is 6.41. The zero-order chi connectivity index (χ0) is 21.3. The standard InChI is InChI=1S/C25H33N3O2/c1-4-5-11-28-16-18-15-22(25(30)27-12-9-19(29)10-13-27)26-21(14-17(2)3)20-7-6-8-23(28)24(18)20/h6-8,16-17,19,21-22,26,29H,9-15H2,1-3H3. The van der Waals surface area contributed by atoms with Crippen LogP contribution in [0.15, 0.2) is 24.4 Å². The highest BCUT2D eigenvalue weighted by atomic mass is 16.3. The van der Waals surface area contributed by atoms with Crippen LogP contribution in [0.25, 0.3) is 10.9 Å². The van der Waals surface area contributed by atoms with Gasteiger partial charge in [0.05, 0.1) is 18.7 Å². The molecule has 4 rings (SSSR count). The molecule has 0 bridgehead atoms. The number of aliphatic hydroxyl groups is 1. The fourth-order valence-corrected chi connectivity index (χ4v) is 4.95. The summed E-state index contributed by atoms with van der Waals surface area (Å²) < 4.78 is 2.22. The van der Waals surface area contributed by atoms with Crippen molar-refractivity contribution in [3.8, 4) is 11.8 Å². The zero-order valence-corrected chi connectivity index (χ0v) is 18.3. The highest BCUT2D eigenvalue weighted by molar-refractivity contribution is 5.90. The van der Waals surface area contributed by atoms with Crippen molar-refractivity contribution in [1.29, 1.82) is 0 Å². The Hall–Kier alpha value is -2.29. The number of likely N-dealkylation sites (tertiary alicyclic amines) is 1. The summed E-state index contributed by atoms with van der Waals surface area (Å²) in [5.41, 5.74) is 3.73. The number of carbonyl (C=O) groups is 1. The number of nitrogens with one attached hydrogen (secondary N) is 1. The Balaban J connectivity index is 1.72. The molecule has 1 saturated heterocycles. The Labute approximate surface area is 179 Å². The molecule has 2 unspecified atom stereocenters. The lowest BCUT2D eigenvalue weighted by molar-refractivity contribution is -0.135. The van der Waals surface area contributed by atoms with Crippen molar-refractivity contribution in [2.24, 2.45) is 5.92 Å². The van der Waals surface area contributed by atoms with Gasteiger partial charge in [0.25, 0.3) is 0 Å². The molecule has 2 aliphatic heterocycles. The highest BCUT2D eigenvalue weighted by Crippen LogP contribution is 2.36. The van der Waals surface area contributed by atoms with Gasteiger partial charge in [-0.05, 0) is 55.7 Å². The number of piperidine rings is 1. The third-order valence-electron chi connectivity index (χ3n) is 6.43. The first-order valence-corrected chi connectivity index (χ1v) is 11.2. The monoisotopic (exact) mass is 407 g/mol. The van der Waals surface area contributed by atoms with Crippen LogP contribution >= 0.6 is 0 Å². The Morgan fingerprint density at radius 3 is 2.77 bits per heavy atom. The molecule has 0 saturated carbocycles. The number of hydrogen-bond acceptors (Lipinski definition) is 3. The van der Waals surface area contributed by atoms with E-state index in [1.54, 1.807) is 0 Å². The van der Waals surface area contributed by atoms with Gasteiger partial charge in [-0.3, -0.25) is 10.1 Å². The molecule has 1 fully saturated rings. The summed E-state index contributed by atoms with van der Waals surface area (Å²) in [6.45, 7) is 8.29. The molecule has 2 N–H and O–H groups in total. The van der Waals surface area contributed by atoms with E-state index < -0.39 is 0 Å². The first-order valence-electron chi connectivity index (χ1n) is 11.2. The van der Waals surface area contributed by atoms with Gasteiger partial charge < -0.3 is 14.6 Å². The Bertz CT molecular complexity index is 973. The van der Waals surface area contributed by atoms with Gasteiger partial charge >= 0.3 is 0 Å². The minimum Gasteiger partial charge on any atom is -0.393 e. The predicted octanol–water partition coefficient (Wildman–Crippen LogP) is 3.25. The van der Waals surface area contributed by atoms with Gasteiger partial charge in [-0.25, -0.2) is 0 Å². The quantitative estimate of drug-likeness (QED) is 0.765. The maximum Gasteiger partial charge on any atom is 0.240 e. The molecule has 0 aliphatic carbocycles. The average Bonchev–Trinajstić information content (AvgIpc) is 3.00. The number of amides is 1. The number of aromatic nitrogens is 1. The first kappa shape index (κ1) is 21.0. The molecule has 1 aromatic heterocycles. The summed E-state index contributed by atoms with van der Waals surface area (Å²) in [5.74, 6) is 6.86. The van der Waals surface area contributed by atoms with Crippen LogP contribution in [-0.2, 0) is 17.8 Å². The zero-order valence-electron chi connectivity index (χ0n) is 18.3. The molecule has 3 heterocycles. The lowest BCUT2D eigenvalue weighted by Gasteiger charge is -2.34. The van der Waals surface area contributed by atoms with E-state index in [-0.39, 0.29) is 24.1 Å². The third-order valence-corrected chi connectivity index (χ3v) is 6.43. The summed E-state index contributed by atoms with van der Waals surface area (Å²) in [7, 11) is 0. The lowest BCUT2D eigenvalue weighted by Crippen LogP contribution is -2.51. The Morgan fingerprint density at radius 1 is 1.30 bits per heavy atom. The normalized spacial score (nSPS) is 22.1. The molecule has 160 valence electrons. The van der Waals surface area contributed by atoms with E-state index in [0.29, 0.717) is 44.8 Å². The molecule has 2 aliphatic rings. The minimum atomic E-state index is -0.276. The number of aliphatic hydroxyl groups excluding tert-OH is 1. The van der Waals surface area contributed by atoms with Crippen LogP contribution in [0.1, 0.15) is 57.2 Å². The second-order valence-electron chi connectivity index (χ2n) is 9.11. The molecule has 30 heavy (non-hydrogen) atoms. The van der Waals surface area contributed by atoms with Crippen molar-refractivity contribution in [3.05, 3.63) is 35.5 Å². The van der Waals surface area contributed by atoms with E-state index in [9.17, 15) is 9.90 Å². The number of benzene rings is 1. The van der Waals surface area contributed by atoms with E-state index >= 15 is 0 Å².